The SMILES string of the molecule is CC(C)(C)OC(=O)NCCN(CC=O)C(=O)Cn1cnc2c(NCCCNC(=O)OCc3ccccc3)nc(N)nc21. The summed E-state index contributed by atoms with van der Waals surface area (Å²) in [4.78, 5) is 62.0. The summed E-state index contributed by atoms with van der Waals surface area (Å²) >= 11 is 0. The number of nitrogens with zero attached hydrogens (tertiary/aromatic N) is 5. The molecule has 15 heteroatoms. The molecular weight excluding hydrogens is 546 g/mol. The van der Waals surface area contributed by atoms with Crippen molar-refractivity contribution in [2.75, 3.05) is 43.8 Å². The molecule has 3 rings (SSSR count). The molecule has 2 heterocycles. The van der Waals surface area contributed by atoms with E-state index in [0.29, 0.717) is 42.8 Å². The molecule has 2 aromatic heterocycles. The standard InChI is InChI=1S/C27H37N9O6/c1-27(2,3)42-26(40)31-12-13-35(14-15-37)20(38)16-36-18-32-21-22(33-24(28)34-23(21)36)29-10-7-11-30-25(39)41-17-19-8-5-4-6-9-19/h4-6,8-9,15,18H,7,10-14,16-17H2,1-3H3,(H,30,39)(H,31,40)(H3,28,29,33,34). The third-order valence-corrected chi connectivity index (χ3v) is 5.61. The molecule has 0 saturated heterocycles. The van der Waals surface area contributed by atoms with Gasteiger partial charge in [-0.25, -0.2) is 14.6 Å². The minimum Gasteiger partial charge on any atom is -0.445 e. The highest BCUT2D eigenvalue weighted by molar-refractivity contribution is 5.86. The average Bonchev–Trinajstić information content (AvgIpc) is 3.33. The number of imidazole rings is 1. The fourth-order valence-electron chi connectivity index (χ4n) is 3.72. The number of anilines is 2. The Labute approximate surface area is 243 Å². The Morgan fingerprint density at radius 2 is 1.79 bits per heavy atom. The molecule has 15 nitrogen and oxygen atoms in total. The van der Waals surface area contributed by atoms with Crippen LogP contribution in [0.15, 0.2) is 36.7 Å². The van der Waals surface area contributed by atoms with Gasteiger partial charge >= 0.3 is 12.2 Å². The number of ether oxygens (including phenoxy) is 2. The number of nitrogens with one attached hydrogen (secondary N) is 3. The van der Waals surface area contributed by atoms with Crippen molar-refractivity contribution in [3.8, 4) is 0 Å². The fraction of sp³-hybridized carbons (Fsp3) is 0.444. The van der Waals surface area contributed by atoms with Gasteiger partial charge in [0.2, 0.25) is 11.9 Å². The molecule has 0 spiro atoms. The minimum atomic E-state index is -0.657. The van der Waals surface area contributed by atoms with E-state index in [9.17, 15) is 19.2 Å². The summed E-state index contributed by atoms with van der Waals surface area (Å²) in [7, 11) is 0. The number of carbonyl (C=O) groups is 4. The number of nitrogens with two attached hydrogens (primary N) is 1. The number of aromatic nitrogens is 4. The number of hydrogen-bond acceptors (Lipinski definition) is 11. The van der Waals surface area contributed by atoms with Gasteiger partial charge in [-0.3, -0.25) is 4.79 Å². The molecule has 0 unspecified atom stereocenters. The second-order valence-electron chi connectivity index (χ2n) is 10.2. The minimum absolute atomic E-state index is 0.0203. The molecule has 0 saturated carbocycles. The van der Waals surface area contributed by atoms with Gasteiger partial charge in [0.25, 0.3) is 0 Å². The van der Waals surface area contributed by atoms with Crippen molar-refractivity contribution in [1.29, 1.82) is 0 Å². The van der Waals surface area contributed by atoms with Crippen molar-refractivity contribution in [3.63, 3.8) is 0 Å². The number of carbonyl (C=O) groups excluding carboxylic acids is 4. The van der Waals surface area contributed by atoms with Crippen molar-refractivity contribution < 1.29 is 28.7 Å². The van der Waals surface area contributed by atoms with Crippen molar-refractivity contribution >= 4 is 47.3 Å². The predicted octanol–water partition coefficient (Wildman–Crippen LogP) is 1.69. The van der Waals surface area contributed by atoms with Gasteiger partial charge in [-0.2, -0.15) is 9.97 Å². The molecule has 42 heavy (non-hydrogen) atoms. The second-order valence-corrected chi connectivity index (χ2v) is 10.2. The molecule has 226 valence electrons. The maximum atomic E-state index is 13.0. The van der Waals surface area contributed by atoms with E-state index in [1.165, 1.54) is 15.8 Å². The Morgan fingerprint density at radius 3 is 2.50 bits per heavy atom. The Balaban J connectivity index is 1.50. The predicted molar refractivity (Wildman–Crippen MR) is 154 cm³/mol. The Morgan fingerprint density at radius 1 is 1.05 bits per heavy atom. The number of amides is 3. The number of alkyl carbamates (subject to hydrolysis) is 2. The van der Waals surface area contributed by atoms with Gasteiger partial charge in [-0.05, 0) is 32.8 Å². The quantitative estimate of drug-likeness (QED) is 0.159. The van der Waals surface area contributed by atoms with Crippen LogP contribution in [-0.4, -0.2) is 87.1 Å². The maximum absolute atomic E-state index is 13.0. The average molecular weight is 584 g/mol. The van der Waals surface area contributed by atoms with Crippen molar-refractivity contribution in [1.82, 2.24) is 35.1 Å². The lowest BCUT2D eigenvalue weighted by Crippen LogP contribution is -2.42. The highest BCUT2D eigenvalue weighted by atomic mass is 16.6. The van der Waals surface area contributed by atoms with Crippen molar-refractivity contribution in [3.05, 3.63) is 42.2 Å². The first-order chi connectivity index (χ1) is 20.1. The molecule has 3 amide bonds. The molecule has 3 aromatic rings. The first-order valence-electron chi connectivity index (χ1n) is 13.4. The number of hydrogen-bond donors (Lipinski definition) is 4. The van der Waals surface area contributed by atoms with E-state index in [1.54, 1.807) is 20.8 Å². The molecule has 0 atom stereocenters. The molecule has 0 aliphatic heterocycles. The zero-order valence-electron chi connectivity index (χ0n) is 24.0. The number of benzene rings is 1. The van der Waals surface area contributed by atoms with E-state index < -0.39 is 17.8 Å². The van der Waals surface area contributed by atoms with Crippen LogP contribution in [0.5, 0.6) is 0 Å². The van der Waals surface area contributed by atoms with E-state index >= 15 is 0 Å². The summed E-state index contributed by atoms with van der Waals surface area (Å²) in [6, 6.07) is 9.38. The summed E-state index contributed by atoms with van der Waals surface area (Å²) in [6.07, 6.45) is 1.47. The van der Waals surface area contributed by atoms with Crippen LogP contribution in [-0.2, 0) is 32.2 Å². The van der Waals surface area contributed by atoms with Crippen LogP contribution in [0.25, 0.3) is 11.2 Å². The van der Waals surface area contributed by atoms with Gasteiger partial charge in [-0.1, -0.05) is 30.3 Å². The molecule has 1 aromatic carbocycles. The zero-order chi connectivity index (χ0) is 30.5. The molecule has 0 bridgehead atoms. The van der Waals surface area contributed by atoms with Crippen LogP contribution in [0.2, 0.25) is 0 Å². The number of rotatable bonds is 14. The first kappa shape index (κ1) is 31.6. The highest BCUT2D eigenvalue weighted by Gasteiger charge is 2.19. The van der Waals surface area contributed by atoms with Gasteiger partial charge in [0.1, 0.15) is 25.0 Å². The largest absolute Gasteiger partial charge is 0.445 e. The van der Waals surface area contributed by atoms with Crippen LogP contribution < -0.4 is 21.7 Å². The van der Waals surface area contributed by atoms with Crippen LogP contribution >= 0.6 is 0 Å². The number of aldehydes is 1. The monoisotopic (exact) mass is 583 g/mol. The van der Waals surface area contributed by atoms with Gasteiger partial charge < -0.3 is 45.4 Å². The number of fused-ring (bicyclic) bond motifs is 1. The summed E-state index contributed by atoms with van der Waals surface area (Å²) in [6.45, 7) is 6.09. The Bertz CT molecular complexity index is 1360. The Kier molecular flexibility index (Phi) is 11.4. The van der Waals surface area contributed by atoms with Gasteiger partial charge in [0, 0.05) is 26.2 Å². The molecule has 0 aliphatic carbocycles. The van der Waals surface area contributed by atoms with Crippen LogP contribution in [0.1, 0.15) is 32.8 Å². The highest BCUT2D eigenvalue weighted by Crippen LogP contribution is 2.20. The maximum Gasteiger partial charge on any atom is 0.407 e. The van der Waals surface area contributed by atoms with Gasteiger partial charge in [0.15, 0.2) is 17.0 Å². The molecule has 0 aliphatic rings. The van der Waals surface area contributed by atoms with Crippen LogP contribution in [0.4, 0.5) is 21.4 Å². The van der Waals surface area contributed by atoms with E-state index in [-0.39, 0.29) is 44.6 Å². The summed E-state index contributed by atoms with van der Waals surface area (Å²) in [5.41, 5.74) is 6.88. The lowest BCUT2D eigenvalue weighted by atomic mass is 10.2. The normalized spacial score (nSPS) is 11.0. The lowest BCUT2D eigenvalue weighted by Gasteiger charge is -2.22. The third kappa shape index (κ3) is 10.2. The van der Waals surface area contributed by atoms with E-state index in [4.69, 9.17) is 15.2 Å². The lowest BCUT2D eigenvalue weighted by molar-refractivity contribution is -0.133. The number of nitrogen functional groups attached to an aromatic ring is 1. The smallest absolute Gasteiger partial charge is 0.407 e. The van der Waals surface area contributed by atoms with Crippen molar-refractivity contribution in [2.45, 2.75) is 45.9 Å². The Hall–Kier alpha value is -4.95. The van der Waals surface area contributed by atoms with E-state index in [0.717, 1.165) is 5.56 Å². The third-order valence-electron chi connectivity index (χ3n) is 5.61. The molecule has 5 N–H and O–H groups in total. The summed E-state index contributed by atoms with van der Waals surface area (Å²) < 4.78 is 11.9. The van der Waals surface area contributed by atoms with E-state index in [2.05, 4.69) is 30.9 Å². The summed E-state index contributed by atoms with van der Waals surface area (Å²) in [5, 5.41) is 8.39. The van der Waals surface area contributed by atoms with Crippen LogP contribution in [0.3, 0.4) is 0 Å². The van der Waals surface area contributed by atoms with E-state index in [1.807, 2.05) is 30.3 Å². The van der Waals surface area contributed by atoms with Gasteiger partial charge in [0.05, 0.1) is 12.9 Å². The topological polar surface area (TPSA) is 196 Å². The second kappa shape index (κ2) is 15.2. The van der Waals surface area contributed by atoms with Crippen molar-refractivity contribution in [2.24, 2.45) is 0 Å². The fourth-order valence-corrected chi connectivity index (χ4v) is 3.72. The zero-order valence-corrected chi connectivity index (χ0v) is 24.0. The summed E-state index contributed by atoms with van der Waals surface area (Å²) in [5.74, 6) is -0.0286. The molecule has 0 radical (unpaired) electrons. The molecular formula is C27H37N9O6. The van der Waals surface area contributed by atoms with Gasteiger partial charge in [-0.15, -0.1) is 0 Å². The molecule has 0 fully saturated rings. The first-order valence-corrected chi connectivity index (χ1v) is 13.4. The van der Waals surface area contributed by atoms with Crippen LogP contribution in [0, 0.1) is 0 Å².